The fourth-order valence-corrected chi connectivity index (χ4v) is 1.61. The predicted molar refractivity (Wildman–Crippen MR) is 71.3 cm³/mol. The second-order valence-corrected chi connectivity index (χ2v) is 5.30. The number of hydrogen-bond acceptors (Lipinski definition) is 3. The smallest absolute Gasteiger partial charge is 0.320 e. The number of nitrogens with zero attached hydrogens (tertiary/aromatic N) is 1. The van der Waals surface area contributed by atoms with Crippen molar-refractivity contribution in [3.63, 3.8) is 0 Å². The van der Waals surface area contributed by atoms with E-state index in [2.05, 4.69) is 31.1 Å². The first-order chi connectivity index (χ1) is 7.86. The van der Waals surface area contributed by atoms with E-state index < -0.39 is 12.0 Å². The minimum atomic E-state index is -0.751. The molecule has 2 N–H and O–H groups in total. The van der Waals surface area contributed by atoms with Crippen LogP contribution >= 0.6 is 0 Å². The Labute approximate surface area is 105 Å². The summed E-state index contributed by atoms with van der Waals surface area (Å²) >= 11 is 0. The molecule has 0 heterocycles. The first-order valence-electron chi connectivity index (χ1n) is 6.52. The highest BCUT2D eigenvalue weighted by Crippen LogP contribution is 2.02. The highest BCUT2D eigenvalue weighted by atomic mass is 16.4. The molecule has 17 heavy (non-hydrogen) atoms. The van der Waals surface area contributed by atoms with Crippen LogP contribution in [0.5, 0.6) is 0 Å². The molecule has 0 bridgehead atoms. The van der Waals surface area contributed by atoms with Crippen molar-refractivity contribution in [3.8, 4) is 0 Å². The normalized spacial score (nSPS) is 13.6. The van der Waals surface area contributed by atoms with E-state index >= 15 is 0 Å². The summed E-state index contributed by atoms with van der Waals surface area (Å²) in [5.74, 6) is -0.620. The van der Waals surface area contributed by atoms with Crippen molar-refractivity contribution in [3.05, 3.63) is 0 Å². The van der Waals surface area contributed by atoms with Crippen LogP contribution < -0.4 is 5.32 Å². The third-order valence-corrected chi connectivity index (χ3v) is 3.12. The van der Waals surface area contributed by atoms with Gasteiger partial charge in [0.05, 0.1) is 0 Å². The zero-order chi connectivity index (χ0) is 13.4. The lowest BCUT2D eigenvalue weighted by Crippen LogP contribution is -2.41. The van der Waals surface area contributed by atoms with E-state index in [1.54, 1.807) is 0 Å². The van der Waals surface area contributed by atoms with Crippen molar-refractivity contribution in [1.29, 1.82) is 0 Å². The van der Waals surface area contributed by atoms with E-state index in [4.69, 9.17) is 5.11 Å². The van der Waals surface area contributed by atoms with Crippen molar-refractivity contribution in [2.24, 2.45) is 5.92 Å². The molecular formula is C13H28N2O2. The maximum Gasteiger partial charge on any atom is 0.320 e. The van der Waals surface area contributed by atoms with Gasteiger partial charge in [0.15, 0.2) is 0 Å². The molecular weight excluding hydrogens is 216 g/mol. The summed E-state index contributed by atoms with van der Waals surface area (Å²) < 4.78 is 0. The lowest BCUT2D eigenvalue weighted by molar-refractivity contribution is -0.140. The molecule has 1 atom stereocenters. The first-order valence-corrected chi connectivity index (χ1v) is 6.52. The van der Waals surface area contributed by atoms with Crippen molar-refractivity contribution < 1.29 is 9.90 Å². The number of carboxylic acid groups (broad SMARTS) is 1. The minimum Gasteiger partial charge on any atom is -0.480 e. The van der Waals surface area contributed by atoms with Crippen LogP contribution in [0.3, 0.4) is 0 Å². The number of nitrogens with one attached hydrogen (secondary N) is 1. The zero-order valence-corrected chi connectivity index (χ0v) is 11.9. The number of hydrogen-bond donors (Lipinski definition) is 2. The maximum atomic E-state index is 10.9. The Kier molecular flexibility index (Phi) is 8.17. The molecule has 0 amide bonds. The summed E-state index contributed by atoms with van der Waals surface area (Å²) in [7, 11) is 2.12. The van der Waals surface area contributed by atoms with Gasteiger partial charge in [-0.3, -0.25) is 4.79 Å². The van der Waals surface area contributed by atoms with Gasteiger partial charge in [-0.15, -0.1) is 0 Å². The van der Waals surface area contributed by atoms with Gasteiger partial charge in [-0.05, 0) is 52.7 Å². The molecule has 0 aliphatic heterocycles. The van der Waals surface area contributed by atoms with Gasteiger partial charge in [-0.1, -0.05) is 13.8 Å². The Morgan fingerprint density at radius 1 is 1.24 bits per heavy atom. The van der Waals surface area contributed by atoms with Crippen molar-refractivity contribution in [1.82, 2.24) is 10.2 Å². The number of unbranched alkanes of at least 4 members (excludes halogenated alkanes) is 1. The third-order valence-electron chi connectivity index (χ3n) is 3.12. The second-order valence-electron chi connectivity index (χ2n) is 5.30. The molecule has 0 fully saturated rings. The van der Waals surface area contributed by atoms with Crippen LogP contribution in [0.4, 0.5) is 0 Å². The van der Waals surface area contributed by atoms with E-state index in [1.165, 1.54) is 0 Å². The average Bonchev–Trinajstić information content (AvgIpc) is 2.21. The van der Waals surface area contributed by atoms with E-state index in [0.717, 1.165) is 25.9 Å². The molecule has 0 aromatic rings. The predicted octanol–water partition coefficient (Wildman–Crippen LogP) is 1.81. The number of rotatable bonds is 9. The van der Waals surface area contributed by atoms with Gasteiger partial charge in [-0.2, -0.15) is 0 Å². The van der Waals surface area contributed by atoms with Gasteiger partial charge in [-0.25, -0.2) is 0 Å². The Balaban J connectivity index is 3.66. The summed E-state index contributed by atoms with van der Waals surface area (Å²) in [5, 5.41) is 12.1. The Morgan fingerprint density at radius 3 is 2.24 bits per heavy atom. The third kappa shape index (κ3) is 7.34. The Bertz CT molecular complexity index is 217. The van der Waals surface area contributed by atoms with Gasteiger partial charge in [0, 0.05) is 6.04 Å². The van der Waals surface area contributed by atoms with Crippen LogP contribution in [-0.4, -0.2) is 48.2 Å². The van der Waals surface area contributed by atoms with E-state index in [9.17, 15) is 4.79 Å². The van der Waals surface area contributed by atoms with Crippen LogP contribution in [-0.2, 0) is 4.79 Å². The van der Waals surface area contributed by atoms with Crippen molar-refractivity contribution >= 4 is 5.97 Å². The summed E-state index contributed by atoms with van der Waals surface area (Å²) in [6.45, 7) is 10.1. The fourth-order valence-electron chi connectivity index (χ4n) is 1.61. The molecule has 0 aromatic carbocycles. The molecule has 0 saturated carbocycles. The molecule has 0 aliphatic rings. The molecule has 0 aliphatic carbocycles. The van der Waals surface area contributed by atoms with Gasteiger partial charge in [0.2, 0.25) is 0 Å². The highest BCUT2D eigenvalue weighted by Gasteiger charge is 2.19. The molecule has 0 rings (SSSR count). The summed E-state index contributed by atoms with van der Waals surface area (Å²) in [6, 6.07) is 0.156. The molecule has 0 aromatic heterocycles. The second kappa shape index (κ2) is 8.48. The highest BCUT2D eigenvalue weighted by molar-refractivity contribution is 5.73. The van der Waals surface area contributed by atoms with Gasteiger partial charge in [0.25, 0.3) is 0 Å². The van der Waals surface area contributed by atoms with Gasteiger partial charge < -0.3 is 15.3 Å². The van der Waals surface area contributed by atoms with Crippen molar-refractivity contribution in [2.75, 3.05) is 20.1 Å². The van der Waals surface area contributed by atoms with Gasteiger partial charge >= 0.3 is 5.97 Å². The molecule has 0 spiro atoms. The number of carboxylic acids is 1. The molecule has 0 saturated heterocycles. The van der Waals surface area contributed by atoms with E-state index in [0.29, 0.717) is 6.04 Å². The van der Waals surface area contributed by atoms with Gasteiger partial charge in [0.1, 0.15) is 6.04 Å². The van der Waals surface area contributed by atoms with Crippen LogP contribution in [0.2, 0.25) is 0 Å². The standard InChI is InChI=1S/C13H28N2O2/c1-10(2)12(13(16)17)14-8-6-7-9-15(5)11(3)4/h10-12,14H,6-9H2,1-5H3,(H,16,17). The van der Waals surface area contributed by atoms with E-state index in [-0.39, 0.29) is 5.92 Å². The zero-order valence-electron chi connectivity index (χ0n) is 11.9. The first kappa shape index (κ1) is 16.4. The summed E-state index contributed by atoms with van der Waals surface area (Å²) in [5.41, 5.74) is 0. The largest absolute Gasteiger partial charge is 0.480 e. The molecule has 0 radical (unpaired) electrons. The summed E-state index contributed by atoms with van der Waals surface area (Å²) in [6.07, 6.45) is 2.12. The molecule has 102 valence electrons. The van der Waals surface area contributed by atoms with Crippen LogP contribution in [0.25, 0.3) is 0 Å². The topological polar surface area (TPSA) is 52.6 Å². The van der Waals surface area contributed by atoms with Crippen LogP contribution in [0.1, 0.15) is 40.5 Å². The monoisotopic (exact) mass is 244 g/mol. The minimum absolute atomic E-state index is 0.130. The molecule has 4 nitrogen and oxygen atoms in total. The lowest BCUT2D eigenvalue weighted by atomic mass is 10.0. The summed E-state index contributed by atoms with van der Waals surface area (Å²) in [4.78, 5) is 13.2. The van der Waals surface area contributed by atoms with Crippen LogP contribution in [0.15, 0.2) is 0 Å². The molecule has 1 unspecified atom stereocenters. The quantitative estimate of drug-likeness (QED) is 0.607. The molecule has 4 heteroatoms. The van der Waals surface area contributed by atoms with E-state index in [1.807, 2.05) is 13.8 Å². The Hall–Kier alpha value is -0.610. The van der Waals surface area contributed by atoms with Crippen molar-refractivity contribution in [2.45, 2.75) is 52.6 Å². The Morgan fingerprint density at radius 2 is 1.82 bits per heavy atom. The maximum absolute atomic E-state index is 10.9. The fraction of sp³-hybridized carbons (Fsp3) is 0.923. The number of aliphatic carboxylic acids is 1. The number of carbonyl (C=O) groups is 1. The lowest BCUT2D eigenvalue weighted by Gasteiger charge is -2.21. The average molecular weight is 244 g/mol. The van der Waals surface area contributed by atoms with Crippen LogP contribution in [0, 0.1) is 5.92 Å². The SMILES string of the molecule is CC(C)C(NCCCCN(C)C(C)C)C(=O)O.